The van der Waals surface area contributed by atoms with E-state index in [1.165, 1.54) is 105 Å². The third-order valence-electron chi connectivity index (χ3n) is 9.96. The van der Waals surface area contributed by atoms with Crippen molar-refractivity contribution in [3.63, 3.8) is 0 Å². The first kappa shape index (κ1) is 29.3. The van der Waals surface area contributed by atoms with Gasteiger partial charge in [-0.2, -0.15) is 0 Å². The number of aromatic nitrogens is 2. The lowest BCUT2D eigenvalue weighted by Crippen LogP contribution is -2.29. The van der Waals surface area contributed by atoms with Crippen molar-refractivity contribution < 1.29 is 10.0 Å². The molecule has 0 unspecified atom stereocenters. The Hall–Kier alpha value is -2.80. The molecule has 4 aliphatic carbocycles. The Balaban J connectivity index is 0.000000121. The monoisotopic (exact) mass is 622 g/mol. The van der Waals surface area contributed by atoms with Gasteiger partial charge in [0, 0.05) is 18.0 Å². The van der Waals surface area contributed by atoms with Crippen LogP contribution in [0.15, 0.2) is 89.8 Å². The van der Waals surface area contributed by atoms with Crippen LogP contribution in [0, 0.1) is 10.8 Å². The maximum atomic E-state index is 8.58. The van der Waals surface area contributed by atoms with Crippen molar-refractivity contribution in [1.82, 2.24) is 9.97 Å². The highest BCUT2D eigenvalue weighted by molar-refractivity contribution is 9.10. The maximum absolute atomic E-state index is 8.58. The molecule has 216 valence electrons. The number of nitrogens with zero attached hydrogens (tertiary/aromatic N) is 2. The van der Waals surface area contributed by atoms with Crippen molar-refractivity contribution >= 4 is 28.5 Å². The summed E-state index contributed by atoms with van der Waals surface area (Å²) in [6.45, 7) is 0. The quantitative estimate of drug-likeness (QED) is 0.182. The van der Waals surface area contributed by atoms with Crippen LogP contribution in [-0.4, -0.2) is 27.1 Å². The zero-order valence-electron chi connectivity index (χ0n) is 24.3. The highest BCUT2D eigenvalue weighted by Crippen LogP contribution is 2.51. The molecule has 0 bridgehead atoms. The summed E-state index contributed by atoms with van der Waals surface area (Å²) in [5.74, 6) is 0. The summed E-state index contributed by atoms with van der Waals surface area (Å²) >= 11 is 3.57. The predicted molar refractivity (Wildman–Crippen MR) is 174 cm³/mol. The van der Waals surface area contributed by atoms with Crippen LogP contribution >= 0.6 is 15.9 Å². The van der Waals surface area contributed by atoms with Gasteiger partial charge in [-0.05, 0) is 118 Å². The summed E-state index contributed by atoms with van der Waals surface area (Å²) in [5, 5.41) is 17.2. The fraction of sp³-hybridized carbons (Fsp3) is 0.389. The molecule has 0 saturated heterocycles. The molecule has 4 nitrogen and oxygen atoms in total. The molecule has 0 atom stereocenters. The zero-order valence-corrected chi connectivity index (χ0v) is 25.9. The minimum Gasteiger partial charge on any atom is -0.423 e. The Bertz CT molecular complexity index is 1480. The predicted octanol–water partition coefficient (Wildman–Crippen LogP) is 7.28. The van der Waals surface area contributed by atoms with Gasteiger partial charge in [0.05, 0.1) is 5.69 Å². The van der Waals surface area contributed by atoms with Gasteiger partial charge in [-0.25, -0.2) is 4.98 Å². The van der Waals surface area contributed by atoms with Crippen LogP contribution in [-0.2, 0) is 25.7 Å². The van der Waals surface area contributed by atoms with Gasteiger partial charge in [0.25, 0.3) is 0 Å². The zero-order chi connectivity index (χ0) is 29.0. The molecule has 2 spiro atoms. The summed E-state index contributed by atoms with van der Waals surface area (Å²) in [7, 11) is -1.34. The van der Waals surface area contributed by atoms with Gasteiger partial charge in [-0.15, -0.1) is 0 Å². The Morgan fingerprint density at radius 1 is 0.595 bits per heavy atom. The van der Waals surface area contributed by atoms with E-state index in [9.17, 15) is 0 Å². The van der Waals surface area contributed by atoms with Gasteiger partial charge in [-0.3, -0.25) is 4.98 Å². The third kappa shape index (κ3) is 6.41. The first-order chi connectivity index (χ1) is 20.5. The average Bonchev–Trinajstić information content (AvgIpc) is 3.82. The summed E-state index contributed by atoms with van der Waals surface area (Å²) in [6, 6.07) is 23.8. The van der Waals surface area contributed by atoms with E-state index < -0.39 is 7.12 Å². The normalized spacial score (nSPS) is 18.5. The van der Waals surface area contributed by atoms with Crippen molar-refractivity contribution in [1.29, 1.82) is 0 Å². The summed E-state index contributed by atoms with van der Waals surface area (Å²) < 4.78 is 1.08. The number of benzene rings is 2. The lowest BCUT2D eigenvalue weighted by Gasteiger charge is -2.21. The molecule has 2 heterocycles. The number of hydrogen-bond donors (Lipinski definition) is 2. The molecule has 0 amide bonds. The van der Waals surface area contributed by atoms with Gasteiger partial charge in [0.2, 0.25) is 0 Å². The molecule has 4 aliphatic rings. The molecule has 2 fully saturated rings. The van der Waals surface area contributed by atoms with Crippen LogP contribution in [0.3, 0.4) is 0 Å². The molecule has 2 N–H and O–H groups in total. The molecular formula is C36H40BBrN2O2. The molecule has 2 aromatic carbocycles. The molecule has 4 aromatic rings. The minimum absolute atomic E-state index is 0.525. The van der Waals surface area contributed by atoms with Gasteiger partial charge < -0.3 is 10.0 Å². The van der Waals surface area contributed by atoms with Crippen LogP contribution in [0.25, 0.3) is 11.3 Å². The smallest absolute Gasteiger partial charge is 0.423 e. The second-order valence-electron chi connectivity index (χ2n) is 12.8. The SMILES string of the molecule is Brc1nccc2c1CC1(CCCC1)C2.OB(O)c1ccccc1.c1ccc(-c2nccc3c2CC2(CCCC2)C3)cc1. The van der Waals surface area contributed by atoms with Crippen LogP contribution in [0.1, 0.15) is 73.6 Å². The van der Waals surface area contributed by atoms with E-state index in [4.69, 9.17) is 10.0 Å². The van der Waals surface area contributed by atoms with Gasteiger partial charge in [-0.1, -0.05) is 86.3 Å². The molecule has 2 saturated carbocycles. The van der Waals surface area contributed by atoms with Gasteiger partial charge >= 0.3 is 7.12 Å². The van der Waals surface area contributed by atoms with Gasteiger partial charge in [0.1, 0.15) is 4.60 Å². The molecular weight excluding hydrogens is 583 g/mol. The van der Waals surface area contributed by atoms with E-state index in [1.54, 1.807) is 29.8 Å². The Morgan fingerprint density at radius 2 is 1.10 bits per heavy atom. The summed E-state index contributed by atoms with van der Waals surface area (Å²) in [6.07, 6.45) is 20.4. The van der Waals surface area contributed by atoms with Crippen molar-refractivity contribution in [3.05, 3.63) is 112 Å². The lowest BCUT2D eigenvalue weighted by atomic mass is 9.81. The number of pyridine rings is 2. The standard InChI is InChI=1S/C18H19N.C12H14BrN.C6H7BO2/c1-2-6-14(7-3-1)17-16-13-18(9-4-5-10-18)12-15(16)8-11-19-17;13-11-10-8-12(4-1-2-5-12)7-9(10)3-6-14-11;8-7(9)6-4-2-1-3-5-6/h1-3,6-8,11H,4-5,9-10,12-13H2;3,6H,1-2,4-5,7-8H2;1-5,8-9H. The first-order valence-corrected chi connectivity index (χ1v) is 16.3. The lowest BCUT2D eigenvalue weighted by molar-refractivity contribution is 0.317. The van der Waals surface area contributed by atoms with E-state index in [-0.39, 0.29) is 0 Å². The van der Waals surface area contributed by atoms with Crippen molar-refractivity contribution in [3.8, 4) is 11.3 Å². The molecule has 6 heteroatoms. The van der Waals surface area contributed by atoms with E-state index in [0.717, 1.165) is 4.60 Å². The third-order valence-corrected chi connectivity index (χ3v) is 10.6. The molecule has 8 rings (SSSR count). The van der Waals surface area contributed by atoms with Crippen molar-refractivity contribution in [2.45, 2.75) is 77.0 Å². The highest BCUT2D eigenvalue weighted by atomic mass is 79.9. The average molecular weight is 623 g/mol. The number of rotatable bonds is 2. The first-order valence-electron chi connectivity index (χ1n) is 15.5. The summed E-state index contributed by atoms with van der Waals surface area (Å²) in [4.78, 5) is 9.00. The van der Waals surface area contributed by atoms with E-state index >= 15 is 0 Å². The molecule has 42 heavy (non-hydrogen) atoms. The Morgan fingerprint density at radius 3 is 1.62 bits per heavy atom. The molecule has 0 radical (unpaired) electrons. The van der Waals surface area contributed by atoms with Crippen molar-refractivity contribution in [2.75, 3.05) is 0 Å². The largest absolute Gasteiger partial charge is 0.488 e. The second kappa shape index (κ2) is 12.8. The fourth-order valence-corrected chi connectivity index (χ4v) is 8.37. The van der Waals surface area contributed by atoms with Crippen LogP contribution in [0.4, 0.5) is 0 Å². The number of fused-ring (bicyclic) bond motifs is 2. The maximum Gasteiger partial charge on any atom is 0.488 e. The number of halogens is 1. The Labute approximate surface area is 258 Å². The highest BCUT2D eigenvalue weighted by Gasteiger charge is 2.41. The van der Waals surface area contributed by atoms with Crippen molar-refractivity contribution in [2.24, 2.45) is 10.8 Å². The van der Waals surface area contributed by atoms with Crippen LogP contribution < -0.4 is 5.46 Å². The summed E-state index contributed by atoms with van der Waals surface area (Å²) in [5.41, 5.74) is 10.3. The van der Waals surface area contributed by atoms with Gasteiger partial charge in [0.15, 0.2) is 0 Å². The fourth-order valence-electron chi connectivity index (χ4n) is 7.86. The second-order valence-corrected chi connectivity index (χ2v) is 13.6. The minimum atomic E-state index is -1.34. The van der Waals surface area contributed by atoms with Crippen LogP contribution in [0.5, 0.6) is 0 Å². The van der Waals surface area contributed by atoms with E-state index in [0.29, 0.717) is 16.3 Å². The van der Waals surface area contributed by atoms with E-state index in [1.807, 2.05) is 18.5 Å². The molecule has 0 aliphatic heterocycles. The van der Waals surface area contributed by atoms with E-state index in [2.05, 4.69) is 68.4 Å². The Kier molecular flexibility index (Phi) is 8.94. The van der Waals surface area contributed by atoms with Crippen LogP contribution in [0.2, 0.25) is 0 Å². The molecule has 2 aromatic heterocycles. The topological polar surface area (TPSA) is 66.2 Å². The number of hydrogen-bond acceptors (Lipinski definition) is 4.